The lowest BCUT2D eigenvalue weighted by Gasteiger charge is -2.30. The fourth-order valence-electron chi connectivity index (χ4n) is 5.59. The zero-order chi connectivity index (χ0) is 27.5. The third kappa shape index (κ3) is 8.57. The average Bonchev–Trinajstić information content (AvgIpc) is 2.97. The Morgan fingerprint density at radius 1 is 0.923 bits per heavy atom. The van der Waals surface area contributed by atoms with E-state index in [-0.39, 0.29) is 0 Å². The Hall–Kier alpha value is -3.36. The molecule has 1 aliphatic carbocycles. The lowest BCUT2D eigenvalue weighted by Crippen LogP contribution is -2.30. The largest absolute Gasteiger partial charge is 0.392 e. The zero-order valence-electron chi connectivity index (χ0n) is 24.3. The van der Waals surface area contributed by atoms with Gasteiger partial charge >= 0.3 is 0 Å². The van der Waals surface area contributed by atoms with Gasteiger partial charge in [0.05, 0.1) is 0 Å². The molecule has 3 aromatic carbocycles. The van der Waals surface area contributed by atoms with E-state index in [0.29, 0.717) is 5.92 Å². The molecule has 1 atom stereocenters. The molecule has 1 aliphatic rings. The molecular weight excluding hydrogens is 472 g/mol. The Morgan fingerprint density at radius 3 is 2.49 bits per heavy atom. The first-order valence-corrected chi connectivity index (χ1v) is 14.7. The van der Waals surface area contributed by atoms with Crippen LogP contribution in [0.15, 0.2) is 109 Å². The predicted octanol–water partition coefficient (Wildman–Crippen LogP) is 8.46. The molecule has 0 saturated heterocycles. The van der Waals surface area contributed by atoms with Crippen molar-refractivity contribution in [1.82, 2.24) is 10.2 Å². The maximum Gasteiger partial charge on any atom is 0.0236 e. The van der Waals surface area contributed by atoms with Crippen LogP contribution in [0.1, 0.15) is 65.0 Å². The highest BCUT2D eigenvalue weighted by Crippen LogP contribution is 2.30. The third-order valence-corrected chi connectivity index (χ3v) is 8.13. The van der Waals surface area contributed by atoms with Crippen molar-refractivity contribution in [1.29, 1.82) is 0 Å². The number of nitrogens with zero attached hydrogens (tertiary/aromatic N) is 1. The summed E-state index contributed by atoms with van der Waals surface area (Å²) in [5, 5.41) is 3.17. The van der Waals surface area contributed by atoms with Crippen LogP contribution < -0.4 is 5.32 Å². The summed E-state index contributed by atoms with van der Waals surface area (Å²) in [5.41, 5.74) is 11.0. The first-order chi connectivity index (χ1) is 19.0. The predicted molar refractivity (Wildman–Crippen MR) is 168 cm³/mol. The van der Waals surface area contributed by atoms with Gasteiger partial charge in [0, 0.05) is 38.2 Å². The highest BCUT2D eigenvalue weighted by atomic mass is 15.1. The van der Waals surface area contributed by atoms with Crippen LogP contribution in [0.3, 0.4) is 0 Å². The number of nitrogens with one attached hydrogen (secondary N) is 1. The van der Waals surface area contributed by atoms with Gasteiger partial charge in [0.2, 0.25) is 0 Å². The van der Waals surface area contributed by atoms with Crippen molar-refractivity contribution in [3.63, 3.8) is 0 Å². The van der Waals surface area contributed by atoms with Gasteiger partial charge in [-0.15, -0.1) is 0 Å². The van der Waals surface area contributed by atoms with Crippen molar-refractivity contribution in [3.8, 4) is 0 Å². The van der Waals surface area contributed by atoms with E-state index in [4.69, 9.17) is 0 Å². The summed E-state index contributed by atoms with van der Waals surface area (Å²) >= 11 is 0. The molecule has 2 heteroatoms. The summed E-state index contributed by atoms with van der Waals surface area (Å²) in [7, 11) is 1.94. The van der Waals surface area contributed by atoms with Gasteiger partial charge < -0.3 is 5.32 Å². The van der Waals surface area contributed by atoms with Crippen LogP contribution in [0.5, 0.6) is 0 Å². The smallest absolute Gasteiger partial charge is 0.0236 e. The Kier molecular flexibility index (Phi) is 10.8. The van der Waals surface area contributed by atoms with Crippen LogP contribution in [0.25, 0.3) is 0 Å². The fraction of sp³-hybridized carbons (Fsp3) is 0.351. The Labute approximate surface area is 237 Å². The molecule has 0 saturated carbocycles. The van der Waals surface area contributed by atoms with E-state index < -0.39 is 0 Å². The van der Waals surface area contributed by atoms with Crippen LogP contribution in [0, 0.1) is 13.8 Å². The number of allylic oxidation sites excluding steroid dienone is 4. The van der Waals surface area contributed by atoms with Crippen LogP contribution in [-0.4, -0.2) is 25.0 Å². The molecular formula is C37H46N2. The molecule has 0 aliphatic heterocycles. The van der Waals surface area contributed by atoms with E-state index in [0.717, 1.165) is 51.0 Å². The molecule has 204 valence electrons. The topological polar surface area (TPSA) is 15.3 Å². The summed E-state index contributed by atoms with van der Waals surface area (Å²) in [5.74, 6) is 0.393. The molecule has 0 aromatic heterocycles. The molecule has 0 amide bonds. The number of aryl methyl sites for hydroxylation is 2. The second-order valence-electron chi connectivity index (χ2n) is 11.0. The minimum absolute atomic E-state index is 0.393. The second-order valence-corrected chi connectivity index (χ2v) is 11.0. The number of benzene rings is 3. The highest BCUT2D eigenvalue weighted by molar-refractivity contribution is 5.38. The molecule has 0 heterocycles. The standard InChI is InChI=1S/C37H46N2/c1-29-15-13-23-36(31(29)3)27-39(24-12-11-16-32-17-14-18-33(26-32)25-30(2)38-4)28-37(34-19-7-5-8-20-34)35-21-9-6-10-22-35/h5,7-9,13-15,17-23,26,37-38H,2,6,10-12,16,24-25,27-28H2,1,3-4H3. The maximum atomic E-state index is 4.09. The summed E-state index contributed by atoms with van der Waals surface area (Å²) < 4.78 is 0. The van der Waals surface area contributed by atoms with E-state index >= 15 is 0 Å². The molecule has 1 unspecified atom stereocenters. The zero-order valence-corrected chi connectivity index (χ0v) is 24.3. The number of hydrogen-bond donors (Lipinski definition) is 1. The molecule has 4 rings (SSSR count). The number of hydrogen-bond acceptors (Lipinski definition) is 2. The molecule has 0 radical (unpaired) electrons. The fourth-order valence-corrected chi connectivity index (χ4v) is 5.59. The number of likely N-dealkylation sites (N-methyl/N-ethyl adjacent to an activating group) is 1. The van der Waals surface area contributed by atoms with Crippen molar-refractivity contribution in [2.75, 3.05) is 20.1 Å². The summed E-state index contributed by atoms with van der Waals surface area (Å²) in [4.78, 5) is 2.70. The Balaban J connectivity index is 1.47. The minimum Gasteiger partial charge on any atom is -0.392 e. The van der Waals surface area contributed by atoms with Crippen molar-refractivity contribution < 1.29 is 0 Å². The van der Waals surface area contributed by atoms with Gasteiger partial charge in [0.15, 0.2) is 0 Å². The van der Waals surface area contributed by atoms with Gasteiger partial charge in [-0.1, -0.05) is 97.6 Å². The lowest BCUT2D eigenvalue weighted by atomic mass is 9.87. The summed E-state index contributed by atoms with van der Waals surface area (Å²) in [6.45, 7) is 11.7. The molecule has 0 spiro atoms. The van der Waals surface area contributed by atoms with Crippen molar-refractivity contribution >= 4 is 0 Å². The monoisotopic (exact) mass is 518 g/mol. The van der Waals surface area contributed by atoms with E-state index in [2.05, 4.69) is 122 Å². The summed E-state index contributed by atoms with van der Waals surface area (Å²) in [6, 6.07) is 26.9. The third-order valence-electron chi connectivity index (χ3n) is 8.13. The highest BCUT2D eigenvalue weighted by Gasteiger charge is 2.20. The molecule has 39 heavy (non-hydrogen) atoms. The quantitative estimate of drug-likeness (QED) is 0.215. The molecule has 0 fully saturated rings. The first kappa shape index (κ1) is 28.6. The molecule has 2 nitrogen and oxygen atoms in total. The van der Waals surface area contributed by atoms with Gasteiger partial charge in [-0.2, -0.15) is 0 Å². The number of rotatable bonds is 14. The van der Waals surface area contributed by atoms with Crippen molar-refractivity contribution in [2.45, 2.75) is 64.8 Å². The summed E-state index contributed by atoms with van der Waals surface area (Å²) in [6.07, 6.45) is 13.9. The van der Waals surface area contributed by atoms with Crippen molar-refractivity contribution in [3.05, 3.63) is 142 Å². The van der Waals surface area contributed by atoms with Gasteiger partial charge in [-0.25, -0.2) is 0 Å². The van der Waals surface area contributed by atoms with E-state index in [9.17, 15) is 0 Å². The van der Waals surface area contributed by atoms with Crippen molar-refractivity contribution in [2.24, 2.45) is 0 Å². The lowest BCUT2D eigenvalue weighted by molar-refractivity contribution is 0.251. The molecule has 1 N–H and O–H groups in total. The van der Waals surface area contributed by atoms with Crippen LogP contribution in [-0.2, 0) is 19.4 Å². The second kappa shape index (κ2) is 14.7. The average molecular weight is 519 g/mol. The Bertz CT molecular complexity index is 1270. The molecule has 0 bridgehead atoms. The SMILES string of the molecule is C=C(Cc1cccc(CCCCN(Cc2cccc(C)c2C)CC(C2=CCCC=C2)c2ccccc2)c1)NC. The minimum atomic E-state index is 0.393. The van der Waals surface area contributed by atoms with Gasteiger partial charge in [0.25, 0.3) is 0 Å². The Morgan fingerprint density at radius 2 is 1.72 bits per heavy atom. The van der Waals surface area contributed by atoms with E-state index in [1.807, 2.05) is 7.05 Å². The van der Waals surface area contributed by atoms with Crippen LogP contribution >= 0.6 is 0 Å². The maximum absolute atomic E-state index is 4.09. The number of unbranched alkanes of at least 4 members (excludes halogenated alkanes) is 1. The van der Waals surface area contributed by atoms with Gasteiger partial charge in [-0.05, 0) is 91.5 Å². The van der Waals surface area contributed by atoms with E-state index in [1.165, 1.54) is 51.8 Å². The first-order valence-electron chi connectivity index (χ1n) is 14.7. The van der Waals surface area contributed by atoms with Gasteiger partial charge in [-0.3, -0.25) is 4.90 Å². The normalized spacial score (nSPS) is 13.8. The van der Waals surface area contributed by atoms with Gasteiger partial charge in [0.1, 0.15) is 0 Å². The molecule has 3 aromatic rings. The van der Waals surface area contributed by atoms with Crippen LogP contribution in [0.4, 0.5) is 0 Å². The van der Waals surface area contributed by atoms with E-state index in [1.54, 1.807) is 0 Å². The van der Waals surface area contributed by atoms with Crippen LogP contribution in [0.2, 0.25) is 0 Å².